The highest BCUT2D eigenvalue weighted by Gasteiger charge is 2.34. The van der Waals surface area contributed by atoms with Gasteiger partial charge in [-0.15, -0.1) is 12.4 Å². The van der Waals surface area contributed by atoms with Gasteiger partial charge in [0, 0.05) is 13.1 Å². The van der Waals surface area contributed by atoms with Gasteiger partial charge in [-0.05, 0) is 18.7 Å². The maximum absolute atomic E-state index is 12.7. The molecule has 0 spiro atoms. The summed E-state index contributed by atoms with van der Waals surface area (Å²) in [6, 6.07) is 4.75. The van der Waals surface area contributed by atoms with Crippen molar-refractivity contribution in [3.8, 4) is 0 Å². The summed E-state index contributed by atoms with van der Waals surface area (Å²) in [5, 5.41) is 5.41. The van der Waals surface area contributed by atoms with E-state index in [0.717, 1.165) is 12.6 Å². The monoisotopic (exact) mass is 296 g/mol. The van der Waals surface area contributed by atoms with E-state index in [0.29, 0.717) is 13.1 Å². The van der Waals surface area contributed by atoms with Crippen LogP contribution in [0.3, 0.4) is 0 Å². The lowest BCUT2D eigenvalue weighted by Crippen LogP contribution is -2.32. The van der Waals surface area contributed by atoms with Crippen LogP contribution in [-0.4, -0.2) is 25.5 Å². The number of halogens is 4. The standard InChI is InChI=1S/C12H15F3N2O.ClH/c1-2-16-7-8-17-11(18)9-5-3-4-6-10(9)12(13,14)15;/h3-6,16H,2,7-8H2,1H3,(H,17,18);1H. The third-order valence-electron chi connectivity index (χ3n) is 2.31. The third kappa shape index (κ3) is 5.48. The van der Waals surface area contributed by atoms with E-state index in [9.17, 15) is 18.0 Å². The molecule has 0 aliphatic rings. The molecule has 0 heterocycles. The molecule has 0 fully saturated rings. The van der Waals surface area contributed by atoms with Crippen LogP contribution >= 0.6 is 12.4 Å². The maximum Gasteiger partial charge on any atom is 0.417 e. The van der Waals surface area contributed by atoms with Gasteiger partial charge in [0.25, 0.3) is 5.91 Å². The number of alkyl halides is 3. The van der Waals surface area contributed by atoms with Gasteiger partial charge in [0.2, 0.25) is 0 Å². The SMILES string of the molecule is CCNCCNC(=O)c1ccccc1C(F)(F)F.Cl. The van der Waals surface area contributed by atoms with Crippen LogP contribution in [0, 0.1) is 0 Å². The second-order valence-electron chi connectivity index (χ2n) is 3.65. The molecule has 0 radical (unpaired) electrons. The molecule has 1 rings (SSSR count). The van der Waals surface area contributed by atoms with Gasteiger partial charge in [-0.2, -0.15) is 13.2 Å². The normalized spacial score (nSPS) is 10.7. The fraction of sp³-hybridized carbons (Fsp3) is 0.417. The summed E-state index contributed by atoms with van der Waals surface area (Å²) in [5.41, 5.74) is -1.26. The Morgan fingerprint density at radius 3 is 2.42 bits per heavy atom. The zero-order valence-corrected chi connectivity index (χ0v) is 11.2. The molecular weight excluding hydrogens is 281 g/mol. The average Bonchev–Trinajstić information content (AvgIpc) is 2.33. The molecule has 0 aliphatic carbocycles. The Hall–Kier alpha value is -1.27. The lowest BCUT2D eigenvalue weighted by atomic mass is 10.1. The van der Waals surface area contributed by atoms with Gasteiger partial charge in [0.05, 0.1) is 11.1 Å². The Morgan fingerprint density at radius 2 is 1.84 bits per heavy atom. The molecule has 1 amide bonds. The highest BCUT2D eigenvalue weighted by Crippen LogP contribution is 2.31. The predicted molar refractivity (Wildman–Crippen MR) is 69.6 cm³/mol. The van der Waals surface area contributed by atoms with Crippen molar-refractivity contribution in [2.45, 2.75) is 13.1 Å². The largest absolute Gasteiger partial charge is 0.417 e. The zero-order valence-electron chi connectivity index (χ0n) is 10.4. The van der Waals surface area contributed by atoms with Crippen LogP contribution in [0.5, 0.6) is 0 Å². The lowest BCUT2D eigenvalue weighted by molar-refractivity contribution is -0.137. The van der Waals surface area contributed by atoms with E-state index in [1.165, 1.54) is 18.2 Å². The Kier molecular flexibility index (Phi) is 7.48. The van der Waals surface area contributed by atoms with Crippen molar-refractivity contribution in [3.63, 3.8) is 0 Å². The van der Waals surface area contributed by atoms with Crippen LogP contribution in [0.25, 0.3) is 0 Å². The second kappa shape index (κ2) is 8.01. The molecular formula is C12H16ClF3N2O. The molecule has 108 valence electrons. The Bertz CT molecular complexity index is 410. The quantitative estimate of drug-likeness (QED) is 0.820. The number of hydrogen-bond donors (Lipinski definition) is 2. The average molecular weight is 297 g/mol. The summed E-state index contributed by atoms with van der Waals surface area (Å²) in [6.07, 6.45) is -4.52. The van der Waals surface area contributed by atoms with E-state index < -0.39 is 17.6 Å². The van der Waals surface area contributed by atoms with E-state index in [4.69, 9.17) is 0 Å². The van der Waals surface area contributed by atoms with Crippen LogP contribution in [0.4, 0.5) is 13.2 Å². The molecule has 1 aromatic rings. The Labute approximate surface area is 116 Å². The minimum absolute atomic E-state index is 0. The summed E-state index contributed by atoms with van der Waals surface area (Å²) in [7, 11) is 0. The fourth-order valence-corrected chi connectivity index (χ4v) is 1.46. The second-order valence-corrected chi connectivity index (χ2v) is 3.65. The first-order valence-electron chi connectivity index (χ1n) is 5.62. The number of carbonyl (C=O) groups is 1. The van der Waals surface area contributed by atoms with Crippen molar-refractivity contribution in [2.75, 3.05) is 19.6 Å². The van der Waals surface area contributed by atoms with Crippen LogP contribution in [-0.2, 0) is 6.18 Å². The molecule has 0 atom stereocenters. The molecule has 0 bridgehead atoms. The van der Waals surface area contributed by atoms with Crippen molar-refractivity contribution in [3.05, 3.63) is 35.4 Å². The highest BCUT2D eigenvalue weighted by atomic mass is 35.5. The number of amides is 1. The molecule has 3 nitrogen and oxygen atoms in total. The fourth-order valence-electron chi connectivity index (χ4n) is 1.46. The van der Waals surface area contributed by atoms with E-state index >= 15 is 0 Å². The number of nitrogens with one attached hydrogen (secondary N) is 2. The van der Waals surface area contributed by atoms with Crippen molar-refractivity contribution >= 4 is 18.3 Å². The summed E-state index contributed by atoms with van der Waals surface area (Å²) >= 11 is 0. The first-order valence-corrected chi connectivity index (χ1v) is 5.62. The molecule has 0 unspecified atom stereocenters. The van der Waals surface area contributed by atoms with Crippen LogP contribution < -0.4 is 10.6 Å². The number of likely N-dealkylation sites (N-methyl/N-ethyl adjacent to an activating group) is 1. The van der Waals surface area contributed by atoms with Gasteiger partial charge >= 0.3 is 6.18 Å². The number of hydrogen-bond acceptors (Lipinski definition) is 2. The topological polar surface area (TPSA) is 41.1 Å². The predicted octanol–water partition coefficient (Wildman–Crippen LogP) is 2.47. The third-order valence-corrected chi connectivity index (χ3v) is 2.31. The van der Waals surface area contributed by atoms with E-state index in [-0.39, 0.29) is 18.0 Å². The molecule has 0 aliphatic heterocycles. The minimum atomic E-state index is -4.52. The molecule has 0 saturated carbocycles. The van der Waals surface area contributed by atoms with Crippen molar-refractivity contribution in [2.24, 2.45) is 0 Å². The van der Waals surface area contributed by atoms with Gasteiger partial charge in [-0.1, -0.05) is 19.1 Å². The summed E-state index contributed by atoms with van der Waals surface area (Å²) in [4.78, 5) is 11.6. The van der Waals surface area contributed by atoms with Gasteiger partial charge in [0.15, 0.2) is 0 Å². The molecule has 7 heteroatoms. The summed E-state index contributed by atoms with van der Waals surface area (Å²) in [6.45, 7) is 3.46. The van der Waals surface area contributed by atoms with Gasteiger partial charge in [0.1, 0.15) is 0 Å². The van der Waals surface area contributed by atoms with Crippen molar-refractivity contribution in [1.82, 2.24) is 10.6 Å². The van der Waals surface area contributed by atoms with Crippen molar-refractivity contribution < 1.29 is 18.0 Å². The molecule has 2 N–H and O–H groups in total. The van der Waals surface area contributed by atoms with Gasteiger partial charge in [-0.25, -0.2) is 0 Å². The van der Waals surface area contributed by atoms with Gasteiger partial charge < -0.3 is 10.6 Å². The van der Waals surface area contributed by atoms with Crippen LogP contribution in [0.2, 0.25) is 0 Å². The van der Waals surface area contributed by atoms with Crippen LogP contribution in [0.1, 0.15) is 22.8 Å². The van der Waals surface area contributed by atoms with E-state index in [1.807, 2.05) is 6.92 Å². The lowest BCUT2D eigenvalue weighted by Gasteiger charge is -2.12. The minimum Gasteiger partial charge on any atom is -0.351 e. The maximum atomic E-state index is 12.7. The summed E-state index contributed by atoms with van der Waals surface area (Å²) < 4.78 is 38.0. The number of carbonyl (C=O) groups excluding carboxylic acids is 1. The van der Waals surface area contributed by atoms with Crippen LogP contribution in [0.15, 0.2) is 24.3 Å². The summed E-state index contributed by atoms with van der Waals surface area (Å²) in [5.74, 6) is -0.708. The van der Waals surface area contributed by atoms with E-state index in [1.54, 1.807) is 0 Å². The highest BCUT2D eigenvalue weighted by molar-refractivity contribution is 5.95. The Balaban J connectivity index is 0.00000324. The smallest absolute Gasteiger partial charge is 0.351 e. The van der Waals surface area contributed by atoms with Gasteiger partial charge in [-0.3, -0.25) is 4.79 Å². The molecule has 19 heavy (non-hydrogen) atoms. The number of benzene rings is 1. The molecule has 1 aromatic carbocycles. The van der Waals surface area contributed by atoms with E-state index in [2.05, 4.69) is 10.6 Å². The Morgan fingerprint density at radius 1 is 1.21 bits per heavy atom. The first-order chi connectivity index (χ1) is 8.46. The number of rotatable bonds is 5. The zero-order chi connectivity index (χ0) is 13.6. The first kappa shape index (κ1) is 17.7. The molecule has 0 aromatic heterocycles. The molecule has 0 saturated heterocycles. The van der Waals surface area contributed by atoms with Crippen molar-refractivity contribution in [1.29, 1.82) is 0 Å².